The van der Waals surface area contributed by atoms with Crippen LogP contribution in [0, 0.1) is 0 Å². The van der Waals surface area contributed by atoms with Crippen molar-refractivity contribution in [2.45, 2.75) is 26.4 Å². The van der Waals surface area contributed by atoms with Gasteiger partial charge in [0.15, 0.2) is 5.82 Å². The fourth-order valence-corrected chi connectivity index (χ4v) is 4.06. The van der Waals surface area contributed by atoms with Crippen molar-refractivity contribution in [3.63, 3.8) is 0 Å². The second-order valence-electron chi connectivity index (χ2n) is 4.68. The van der Waals surface area contributed by atoms with Gasteiger partial charge in [-0.15, -0.1) is 11.3 Å². The van der Waals surface area contributed by atoms with Gasteiger partial charge in [-0.3, -0.25) is 0 Å². The number of thioether (sulfide) groups is 1. The maximum atomic E-state index is 5.81. The summed E-state index contributed by atoms with van der Waals surface area (Å²) in [5.74, 6) is 3.79. The number of aryl methyl sites for hydroxylation is 1. The van der Waals surface area contributed by atoms with E-state index in [0.29, 0.717) is 0 Å². The van der Waals surface area contributed by atoms with Crippen LogP contribution in [-0.2, 0) is 11.2 Å². The van der Waals surface area contributed by atoms with Crippen LogP contribution in [-0.4, -0.2) is 34.6 Å². The lowest BCUT2D eigenvalue weighted by atomic mass is 10.3. The Morgan fingerprint density at radius 3 is 3.00 bits per heavy atom. The molecule has 0 saturated carbocycles. The summed E-state index contributed by atoms with van der Waals surface area (Å²) in [4.78, 5) is 11.9. The van der Waals surface area contributed by atoms with E-state index in [1.54, 1.807) is 11.3 Å². The van der Waals surface area contributed by atoms with E-state index in [1.807, 2.05) is 11.8 Å². The van der Waals surface area contributed by atoms with Gasteiger partial charge in [0.1, 0.15) is 16.8 Å². The summed E-state index contributed by atoms with van der Waals surface area (Å²) in [5, 5.41) is 4.50. The Labute approximate surface area is 127 Å². The molecule has 0 spiro atoms. The zero-order valence-electron chi connectivity index (χ0n) is 11.8. The second-order valence-corrected chi connectivity index (χ2v) is 6.95. The molecule has 6 heteroatoms. The molecule has 20 heavy (non-hydrogen) atoms. The number of nitrogens with one attached hydrogen (secondary N) is 1. The van der Waals surface area contributed by atoms with E-state index in [9.17, 15) is 0 Å². The van der Waals surface area contributed by atoms with Crippen LogP contribution in [0.1, 0.15) is 30.7 Å². The number of anilines is 1. The first kappa shape index (κ1) is 14.1. The van der Waals surface area contributed by atoms with E-state index in [2.05, 4.69) is 25.2 Å². The lowest BCUT2D eigenvalue weighted by molar-refractivity contribution is 0.0698. The number of aromatic nitrogens is 2. The minimum Gasteiger partial charge on any atom is -0.370 e. The largest absolute Gasteiger partial charge is 0.370 e. The third-order valence-electron chi connectivity index (χ3n) is 3.26. The van der Waals surface area contributed by atoms with Crippen LogP contribution in [0.4, 0.5) is 5.82 Å². The molecule has 4 nitrogen and oxygen atoms in total. The average Bonchev–Trinajstić information content (AvgIpc) is 2.92. The van der Waals surface area contributed by atoms with Crippen LogP contribution in [0.3, 0.4) is 0 Å². The number of hydrogen-bond donors (Lipinski definition) is 1. The standard InChI is InChI=1S/C14H19N3OS2/c1-3-9-7-10-12(15-4-2)16-13(17-14(10)20-9)11-8-19-6-5-18-11/h7,11H,3-6,8H2,1-2H3,(H,15,16,17). The molecule has 2 aromatic rings. The first-order valence-electron chi connectivity index (χ1n) is 7.05. The topological polar surface area (TPSA) is 47.0 Å². The molecule has 0 aromatic carbocycles. The van der Waals surface area contributed by atoms with E-state index in [1.165, 1.54) is 4.88 Å². The summed E-state index contributed by atoms with van der Waals surface area (Å²) in [7, 11) is 0. The molecule has 0 amide bonds. The van der Waals surface area contributed by atoms with Crippen molar-refractivity contribution in [2.75, 3.05) is 30.0 Å². The molecule has 1 aliphatic heterocycles. The molecule has 3 rings (SSSR count). The molecule has 1 saturated heterocycles. The van der Waals surface area contributed by atoms with Crippen molar-refractivity contribution in [1.82, 2.24) is 9.97 Å². The van der Waals surface area contributed by atoms with Gasteiger partial charge in [0, 0.05) is 22.9 Å². The van der Waals surface area contributed by atoms with E-state index < -0.39 is 0 Å². The van der Waals surface area contributed by atoms with Crippen LogP contribution in [0.15, 0.2) is 6.07 Å². The molecule has 3 heterocycles. The van der Waals surface area contributed by atoms with Crippen LogP contribution in [0.2, 0.25) is 0 Å². The fraction of sp³-hybridized carbons (Fsp3) is 0.571. The minimum absolute atomic E-state index is 0.0303. The van der Waals surface area contributed by atoms with Gasteiger partial charge in [0.2, 0.25) is 0 Å². The van der Waals surface area contributed by atoms with Gasteiger partial charge in [-0.25, -0.2) is 9.97 Å². The summed E-state index contributed by atoms with van der Waals surface area (Å²) >= 11 is 3.67. The highest BCUT2D eigenvalue weighted by molar-refractivity contribution is 7.99. The highest BCUT2D eigenvalue weighted by Crippen LogP contribution is 2.32. The van der Waals surface area contributed by atoms with Crippen molar-refractivity contribution in [3.05, 3.63) is 16.8 Å². The first-order chi connectivity index (χ1) is 9.81. The fourth-order valence-electron chi connectivity index (χ4n) is 2.25. The lowest BCUT2D eigenvalue weighted by Gasteiger charge is -2.21. The number of ether oxygens (including phenoxy) is 1. The van der Waals surface area contributed by atoms with Gasteiger partial charge < -0.3 is 10.1 Å². The third kappa shape index (κ3) is 2.77. The van der Waals surface area contributed by atoms with Gasteiger partial charge in [-0.2, -0.15) is 11.8 Å². The SMILES string of the molecule is CCNc1nc(C2CSCCO2)nc2sc(CC)cc12. The molecule has 2 aromatic heterocycles. The van der Waals surface area contributed by atoms with Gasteiger partial charge >= 0.3 is 0 Å². The summed E-state index contributed by atoms with van der Waals surface area (Å²) < 4.78 is 5.81. The summed E-state index contributed by atoms with van der Waals surface area (Å²) in [6, 6.07) is 2.21. The van der Waals surface area contributed by atoms with Gasteiger partial charge in [-0.1, -0.05) is 6.92 Å². The summed E-state index contributed by atoms with van der Waals surface area (Å²) in [6.07, 6.45) is 1.07. The average molecular weight is 309 g/mol. The number of rotatable bonds is 4. The molecular formula is C14H19N3OS2. The predicted molar refractivity (Wildman–Crippen MR) is 87.0 cm³/mol. The Bertz CT molecular complexity index is 593. The number of hydrogen-bond acceptors (Lipinski definition) is 6. The molecule has 1 N–H and O–H groups in total. The quantitative estimate of drug-likeness (QED) is 0.937. The normalized spacial score (nSPS) is 19.4. The van der Waals surface area contributed by atoms with E-state index in [4.69, 9.17) is 14.7 Å². The van der Waals surface area contributed by atoms with Gasteiger partial charge in [0.05, 0.1) is 12.0 Å². The molecule has 1 fully saturated rings. The van der Waals surface area contributed by atoms with Gasteiger partial charge in [-0.05, 0) is 19.4 Å². The monoisotopic (exact) mass is 309 g/mol. The maximum absolute atomic E-state index is 5.81. The van der Waals surface area contributed by atoms with Crippen molar-refractivity contribution in [3.8, 4) is 0 Å². The molecule has 1 aliphatic rings. The van der Waals surface area contributed by atoms with E-state index >= 15 is 0 Å². The number of nitrogens with zero attached hydrogens (tertiary/aromatic N) is 2. The molecule has 0 bridgehead atoms. The maximum Gasteiger partial charge on any atom is 0.162 e. The van der Waals surface area contributed by atoms with Crippen molar-refractivity contribution in [2.24, 2.45) is 0 Å². The molecule has 108 valence electrons. The third-order valence-corrected chi connectivity index (χ3v) is 5.42. The minimum atomic E-state index is 0.0303. The smallest absolute Gasteiger partial charge is 0.162 e. The summed E-state index contributed by atoms with van der Waals surface area (Å²) in [5.41, 5.74) is 0. The Balaban J connectivity index is 2.03. The van der Waals surface area contributed by atoms with E-state index in [0.717, 1.165) is 52.9 Å². The molecule has 1 unspecified atom stereocenters. The first-order valence-corrected chi connectivity index (χ1v) is 9.02. The highest BCUT2D eigenvalue weighted by atomic mass is 32.2. The Morgan fingerprint density at radius 2 is 2.30 bits per heavy atom. The zero-order valence-corrected chi connectivity index (χ0v) is 13.4. The van der Waals surface area contributed by atoms with Crippen LogP contribution in [0.5, 0.6) is 0 Å². The molecule has 0 aliphatic carbocycles. The number of fused-ring (bicyclic) bond motifs is 1. The second kappa shape index (κ2) is 6.28. The molecular weight excluding hydrogens is 290 g/mol. The predicted octanol–water partition coefficient (Wildman–Crippen LogP) is 3.49. The molecule has 0 radical (unpaired) electrons. The van der Waals surface area contributed by atoms with Crippen molar-refractivity contribution in [1.29, 1.82) is 0 Å². The zero-order chi connectivity index (χ0) is 13.9. The van der Waals surface area contributed by atoms with Crippen LogP contribution in [0.25, 0.3) is 10.2 Å². The molecule has 1 atom stereocenters. The lowest BCUT2D eigenvalue weighted by Crippen LogP contribution is -2.18. The Kier molecular flexibility index (Phi) is 4.43. The Morgan fingerprint density at radius 1 is 1.40 bits per heavy atom. The van der Waals surface area contributed by atoms with Gasteiger partial charge in [0.25, 0.3) is 0 Å². The van der Waals surface area contributed by atoms with Crippen molar-refractivity contribution >= 4 is 39.1 Å². The highest BCUT2D eigenvalue weighted by Gasteiger charge is 2.21. The van der Waals surface area contributed by atoms with Crippen LogP contribution >= 0.6 is 23.1 Å². The van der Waals surface area contributed by atoms with Crippen molar-refractivity contribution < 1.29 is 4.74 Å². The summed E-state index contributed by atoms with van der Waals surface area (Å²) in [6.45, 7) is 5.92. The van der Waals surface area contributed by atoms with E-state index in [-0.39, 0.29) is 6.10 Å². The number of thiophene rings is 1. The van der Waals surface area contributed by atoms with Crippen LogP contribution < -0.4 is 5.32 Å². The Hall–Kier alpha value is -0.850.